The lowest BCUT2D eigenvalue weighted by molar-refractivity contribution is 0.00759. The zero-order chi connectivity index (χ0) is 13.7. The van der Waals surface area contributed by atoms with Crippen LogP contribution in [-0.4, -0.2) is 29.7 Å². The molecule has 0 aromatic heterocycles. The Balaban J connectivity index is 1.72. The highest BCUT2D eigenvalue weighted by molar-refractivity contribution is 5.68. The van der Waals surface area contributed by atoms with E-state index in [-0.39, 0.29) is 11.7 Å². The molecule has 0 aromatic carbocycles. The molecule has 0 N–H and O–H groups in total. The summed E-state index contributed by atoms with van der Waals surface area (Å²) < 4.78 is 5.70. The Bertz CT molecular complexity index is 289. The third-order valence-corrected chi connectivity index (χ3v) is 4.61. The summed E-state index contributed by atoms with van der Waals surface area (Å²) in [7, 11) is 0. The molecule has 1 aliphatic carbocycles. The van der Waals surface area contributed by atoms with Crippen LogP contribution in [0.3, 0.4) is 0 Å². The number of carbonyl (C=O) groups excluding carboxylic acids is 1. The van der Waals surface area contributed by atoms with E-state index in [0.717, 1.165) is 38.3 Å². The lowest BCUT2D eigenvalue weighted by Gasteiger charge is -2.30. The Labute approximate surface area is 117 Å². The predicted octanol–water partition coefficient (Wildman–Crippen LogP) is 4.36. The molecule has 0 aromatic rings. The first-order chi connectivity index (χ1) is 9.07. The van der Waals surface area contributed by atoms with Crippen molar-refractivity contribution in [2.75, 3.05) is 13.1 Å². The zero-order valence-corrected chi connectivity index (χ0v) is 12.6. The molecule has 1 saturated heterocycles. The predicted molar refractivity (Wildman–Crippen MR) is 77.2 cm³/mol. The van der Waals surface area contributed by atoms with Crippen LogP contribution in [0.1, 0.15) is 71.6 Å². The van der Waals surface area contributed by atoms with E-state index in [2.05, 4.69) is 13.8 Å². The van der Waals surface area contributed by atoms with Crippen molar-refractivity contribution in [3.05, 3.63) is 0 Å². The van der Waals surface area contributed by atoms with Gasteiger partial charge in [0.1, 0.15) is 5.60 Å². The van der Waals surface area contributed by atoms with Gasteiger partial charge in [0, 0.05) is 13.1 Å². The Kier molecular flexibility index (Phi) is 5.12. The summed E-state index contributed by atoms with van der Waals surface area (Å²) in [4.78, 5) is 13.9. The van der Waals surface area contributed by atoms with E-state index in [4.69, 9.17) is 4.74 Å². The molecule has 2 rings (SSSR count). The van der Waals surface area contributed by atoms with Crippen LogP contribution in [0.4, 0.5) is 4.79 Å². The number of hydrogen-bond donors (Lipinski definition) is 0. The van der Waals surface area contributed by atoms with Gasteiger partial charge in [-0.25, -0.2) is 4.79 Å². The fourth-order valence-electron chi connectivity index (χ4n) is 3.28. The highest BCUT2D eigenvalue weighted by Crippen LogP contribution is 2.30. The standard InChI is InChI=1S/C16H29NO2/c1-16(2,11-10-14-8-4-3-5-9-14)19-15(18)17-12-6-7-13-17/h14H,3-13H2,1-2H3. The molecular formula is C16H29NO2. The van der Waals surface area contributed by atoms with Crippen molar-refractivity contribution < 1.29 is 9.53 Å². The van der Waals surface area contributed by atoms with Crippen LogP contribution in [0.5, 0.6) is 0 Å². The van der Waals surface area contributed by atoms with Gasteiger partial charge in [-0.3, -0.25) is 0 Å². The molecule has 0 radical (unpaired) electrons. The van der Waals surface area contributed by atoms with Gasteiger partial charge in [0.2, 0.25) is 0 Å². The van der Waals surface area contributed by atoms with E-state index >= 15 is 0 Å². The van der Waals surface area contributed by atoms with Crippen LogP contribution in [0.2, 0.25) is 0 Å². The van der Waals surface area contributed by atoms with Gasteiger partial charge in [-0.2, -0.15) is 0 Å². The average Bonchev–Trinajstić information content (AvgIpc) is 2.91. The first-order valence-corrected chi connectivity index (χ1v) is 8.05. The van der Waals surface area contributed by atoms with Crippen LogP contribution in [0.15, 0.2) is 0 Å². The molecule has 2 aliphatic rings. The highest BCUT2D eigenvalue weighted by atomic mass is 16.6. The summed E-state index contributed by atoms with van der Waals surface area (Å²) in [5.74, 6) is 0.860. The Hall–Kier alpha value is -0.730. The molecule has 1 heterocycles. The van der Waals surface area contributed by atoms with Crippen molar-refractivity contribution in [1.82, 2.24) is 4.90 Å². The topological polar surface area (TPSA) is 29.5 Å². The van der Waals surface area contributed by atoms with Gasteiger partial charge in [0.15, 0.2) is 0 Å². The van der Waals surface area contributed by atoms with E-state index in [1.165, 1.54) is 38.5 Å². The molecule has 0 spiro atoms. The lowest BCUT2D eigenvalue weighted by Crippen LogP contribution is -2.36. The van der Waals surface area contributed by atoms with Gasteiger partial charge in [-0.1, -0.05) is 32.1 Å². The van der Waals surface area contributed by atoms with Crippen molar-refractivity contribution >= 4 is 6.09 Å². The first kappa shape index (κ1) is 14.7. The zero-order valence-electron chi connectivity index (χ0n) is 12.6. The number of carbonyl (C=O) groups is 1. The summed E-state index contributed by atoms with van der Waals surface area (Å²) >= 11 is 0. The van der Waals surface area contributed by atoms with Crippen molar-refractivity contribution in [2.24, 2.45) is 5.92 Å². The summed E-state index contributed by atoms with van der Waals surface area (Å²) in [5, 5.41) is 0. The van der Waals surface area contributed by atoms with Crippen LogP contribution in [0, 0.1) is 5.92 Å². The molecule has 3 heteroatoms. The smallest absolute Gasteiger partial charge is 0.410 e. The van der Waals surface area contributed by atoms with E-state index in [0.29, 0.717) is 0 Å². The Morgan fingerprint density at radius 2 is 1.74 bits per heavy atom. The second-order valence-corrected chi connectivity index (χ2v) is 6.86. The van der Waals surface area contributed by atoms with E-state index in [1.807, 2.05) is 4.90 Å². The van der Waals surface area contributed by atoms with Crippen molar-refractivity contribution in [1.29, 1.82) is 0 Å². The molecule has 110 valence electrons. The Morgan fingerprint density at radius 3 is 2.37 bits per heavy atom. The molecule has 3 nitrogen and oxygen atoms in total. The van der Waals surface area contributed by atoms with E-state index < -0.39 is 0 Å². The number of likely N-dealkylation sites (tertiary alicyclic amines) is 1. The minimum Gasteiger partial charge on any atom is -0.443 e. The van der Waals surface area contributed by atoms with Gasteiger partial charge in [0.25, 0.3) is 0 Å². The lowest BCUT2D eigenvalue weighted by atomic mass is 9.84. The van der Waals surface area contributed by atoms with Gasteiger partial charge in [0.05, 0.1) is 0 Å². The van der Waals surface area contributed by atoms with E-state index in [1.54, 1.807) is 0 Å². The molecule has 19 heavy (non-hydrogen) atoms. The number of rotatable bonds is 4. The maximum atomic E-state index is 12.0. The third kappa shape index (κ3) is 4.70. The monoisotopic (exact) mass is 267 g/mol. The van der Waals surface area contributed by atoms with Gasteiger partial charge >= 0.3 is 6.09 Å². The molecule has 1 saturated carbocycles. The van der Waals surface area contributed by atoms with Crippen molar-refractivity contribution in [3.8, 4) is 0 Å². The number of ether oxygens (including phenoxy) is 1. The summed E-state index contributed by atoms with van der Waals surface area (Å²) in [6.07, 6.45) is 11.3. The van der Waals surface area contributed by atoms with Crippen molar-refractivity contribution in [2.45, 2.75) is 77.2 Å². The fourth-order valence-corrected chi connectivity index (χ4v) is 3.28. The normalized spacial score (nSPS) is 21.7. The van der Waals surface area contributed by atoms with E-state index in [9.17, 15) is 4.79 Å². The van der Waals surface area contributed by atoms with Gasteiger partial charge < -0.3 is 9.64 Å². The summed E-state index contributed by atoms with van der Waals surface area (Å²) in [6, 6.07) is 0. The summed E-state index contributed by atoms with van der Waals surface area (Å²) in [5.41, 5.74) is -0.308. The molecule has 0 unspecified atom stereocenters. The van der Waals surface area contributed by atoms with Gasteiger partial charge in [-0.05, 0) is 45.4 Å². The van der Waals surface area contributed by atoms with Crippen LogP contribution in [-0.2, 0) is 4.74 Å². The van der Waals surface area contributed by atoms with Crippen LogP contribution < -0.4 is 0 Å². The van der Waals surface area contributed by atoms with Crippen molar-refractivity contribution in [3.63, 3.8) is 0 Å². The van der Waals surface area contributed by atoms with Crippen LogP contribution >= 0.6 is 0 Å². The number of hydrogen-bond acceptors (Lipinski definition) is 2. The third-order valence-electron chi connectivity index (χ3n) is 4.61. The molecule has 1 aliphatic heterocycles. The second kappa shape index (κ2) is 6.62. The quantitative estimate of drug-likeness (QED) is 0.757. The largest absolute Gasteiger partial charge is 0.443 e. The molecule has 1 amide bonds. The molecule has 0 bridgehead atoms. The minimum atomic E-state index is -0.308. The molecular weight excluding hydrogens is 238 g/mol. The van der Waals surface area contributed by atoms with Crippen LogP contribution in [0.25, 0.3) is 0 Å². The first-order valence-electron chi connectivity index (χ1n) is 8.05. The summed E-state index contributed by atoms with van der Waals surface area (Å²) in [6.45, 7) is 5.86. The molecule has 0 atom stereocenters. The maximum Gasteiger partial charge on any atom is 0.410 e. The fraction of sp³-hybridized carbons (Fsp3) is 0.938. The van der Waals surface area contributed by atoms with Gasteiger partial charge in [-0.15, -0.1) is 0 Å². The maximum absolute atomic E-state index is 12.0. The molecule has 2 fully saturated rings. The highest BCUT2D eigenvalue weighted by Gasteiger charge is 2.28. The number of amides is 1. The number of nitrogens with zero attached hydrogens (tertiary/aromatic N) is 1. The Morgan fingerprint density at radius 1 is 1.11 bits per heavy atom. The minimum absolute atomic E-state index is 0.105. The average molecular weight is 267 g/mol. The SMILES string of the molecule is CC(C)(CCC1CCCCC1)OC(=O)N1CCCC1. The second-order valence-electron chi connectivity index (χ2n) is 6.86.